The first kappa shape index (κ1) is 40.8. The quantitative estimate of drug-likeness (QED) is 0.103. The van der Waals surface area contributed by atoms with Gasteiger partial charge in [-0.3, -0.25) is 18.2 Å². The Hall–Kier alpha value is -6.33. The summed E-state index contributed by atoms with van der Waals surface area (Å²) in [4.78, 5) is 26.3. The van der Waals surface area contributed by atoms with Crippen molar-refractivity contribution in [3.63, 3.8) is 0 Å². The Morgan fingerprint density at radius 1 is 0.643 bits per heavy atom. The normalized spacial score (nSPS) is 11.2. The average molecular weight is 806 g/mol. The molecule has 1 heterocycles. The van der Waals surface area contributed by atoms with Crippen molar-refractivity contribution in [1.82, 2.24) is 0 Å². The molecular formula is C39H41N4O11S2+. The van der Waals surface area contributed by atoms with Crippen LogP contribution in [-0.4, -0.2) is 76.8 Å². The van der Waals surface area contributed by atoms with E-state index in [1.54, 1.807) is 90.6 Å². The predicted octanol–water partition coefficient (Wildman–Crippen LogP) is 4.59. The highest BCUT2D eigenvalue weighted by molar-refractivity contribution is 7.93. The number of pyridine rings is 1. The van der Waals surface area contributed by atoms with Crippen molar-refractivity contribution < 1.29 is 54.7 Å². The third kappa shape index (κ3) is 8.96. The van der Waals surface area contributed by atoms with Crippen molar-refractivity contribution in [2.75, 3.05) is 62.1 Å². The van der Waals surface area contributed by atoms with Gasteiger partial charge in [-0.15, -0.1) is 0 Å². The van der Waals surface area contributed by atoms with Crippen LogP contribution in [-0.2, 0) is 34.4 Å². The van der Waals surface area contributed by atoms with Gasteiger partial charge in [-0.1, -0.05) is 36.4 Å². The zero-order valence-corrected chi connectivity index (χ0v) is 32.9. The molecule has 17 heteroatoms. The fourth-order valence-electron chi connectivity index (χ4n) is 5.63. The molecule has 4 aromatic carbocycles. The van der Waals surface area contributed by atoms with Gasteiger partial charge in [0, 0.05) is 24.3 Å². The van der Waals surface area contributed by atoms with Gasteiger partial charge in [-0.25, -0.2) is 16.8 Å². The van der Waals surface area contributed by atoms with Gasteiger partial charge in [0.05, 0.1) is 62.3 Å². The van der Waals surface area contributed by atoms with Gasteiger partial charge in [0.1, 0.15) is 36.0 Å². The van der Waals surface area contributed by atoms with Crippen LogP contribution >= 0.6 is 0 Å². The Bertz CT molecular complexity index is 2380. The molecule has 0 atom stereocenters. The molecule has 294 valence electrons. The number of carbonyl (C=O) groups excluding carboxylic acids is 2. The largest absolute Gasteiger partial charge is 0.497 e. The standard InChI is InChI=1S/C39H40N4O11S2/c1-6-54-38(45)27-43(56(48,49)32-15-11-8-12-16-32)35-25-30(51-3)24-34(39(35)53-5)41-21-19-28(20-22-41)40-37(44)26-42(55(46,47)31-13-9-7-10-14-31)33-23-29(50-2)17-18-36(33)52-4/h7-25H,6,26-27H2,1-5H3/p+1. The first-order valence-corrected chi connectivity index (χ1v) is 19.9. The highest BCUT2D eigenvalue weighted by Crippen LogP contribution is 2.40. The maximum atomic E-state index is 14.0. The molecular weight excluding hydrogens is 765 g/mol. The number of hydrogen-bond acceptors (Lipinski definition) is 11. The van der Waals surface area contributed by atoms with Gasteiger partial charge in [0.25, 0.3) is 25.7 Å². The van der Waals surface area contributed by atoms with E-state index in [1.807, 2.05) is 0 Å². The number of hydrogen-bond donors (Lipinski definition) is 1. The fraction of sp³-hybridized carbons (Fsp3) is 0.205. The molecule has 0 aliphatic rings. The van der Waals surface area contributed by atoms with Gasteiger partial charge in [0.2, 0.25) is 11.7 Å². The van der Waals surface area contributed by atoms with E-state index < -0.39 is 45.0 Å². The average Bonchev–Trinajstić information content (AvgIpc) is 3.22. The third-order valence-electron chi connectivity index (χ3n) is 8.31. The molecule has 0 fully saturated rings. The first-order chi connectivity index (χ1) is 26.9. The number of rotatable bonds is 17. The summed E-state index contributed by atoms with van der Waals surface area (Å²) < 4.78 is 86.7. The summed E-state index contributed by atoms with van der Waals surface area (Å²) in [5.41, 5.74) is 0.709. The summed E-state index contributed by atoms with van der Waals surface area (Å²) >= 11 is 0. The minimum atomic E-state index is -4.33. The van der Waals surface area contributed by atoms with E-state index in [1.165, 1.54) is 64.8 Å². The van der Waals surface area contributed by atoms with Crippen LogP contribution in [0.2, 0.25) is 0 Å². The maximum absolute atomic E-state index is 14.0. The van der Waals surface area contributed by atoms with Gasteiger partial charge in [-0.05, 0) is 43.3 Å². The third-order valence-corrected chi connectivity index (χ3v) is 11.9. The number of sulfonamides is 2. The number of ether oxygens (including phenoxy) is 5. The van der Waals surface area contributed by atoms with Crippen LogP contribution in [0.1, 0.15) is 6.92 Å². The van der Waals surface area contributed by atoms with E-state index in [-0.39, 0.29) is 45.0 Å². The molecule has 1 amide bonds. The molecule has 0 saturated heterocycles. The number of methoxy groups -OCH3 is 4. The lowest BCUT2D eigenvalue weighted by atomic mass is 10.2. The molecule has 1 N–H and O–H groups in total. The lowest BCUT2D eigenvalue weighted by Crippen LogP contribution is -2.38. The first-order valence-electron chi connectivity index (χ1n) is 17.0. The number of amides is 1. The molecule has 0 spiro atoms. The van der Waals surface area contributed by atoms with Crippen LogP contribution in [0.25, 0.3) is 5.69 Å². The molecule has 0 saturated carbocycles. The van der Waals surface area contributed by atoms with E-state index in [2.05, 4.69) is 5.32 Å². The van der Waals surface area contributed by atoms with Gasteiger partial charge >= 0.3 is 5.97 Å². The Kier molecular flexibility index (Phi) is 13.0. The number of aromatic nitrogens is 1. The van der Waals surface area contributed by atoms with Crippen molar-refractivity contribution >= 4 is 49.0 Å². The summed E-state index contributed by atoms with van der Waals surface area (Å²) in [5, 5.41) is 2.74. The molecule has 0 aliphatic heterocycles. The van der Waals surface area contributed by atoms with E-state index in [0.717, 1.165) is 8.61 Å². The predicted molar refractivity (Wildman–Crippen MR) is 208 cm³/mol. The van der Waals surface area contributed by atoms with Gasteiger partial charge in [-0.2, -0.15) is 4.57 Å². The molecule has 1 aromatic heterocycles. The summed E-state index contributed by atoms with van der Waals surface area (Å²) in [6, 6.07) is 26.1. The molecule has 0 bridgehead atoms. The molecule has 56 heavy (non-hydrogen) atoms. The molecule has 0 aliphatic carbocycles. The highest BCUT2D eigenvalue weighted by Gasteiger charge is 2.34. The zero-order chi connectivity index (χ0) is 40.5. The van der Waals surface area contributed by atoms with Crippen molar-refractivity contribution in [2.24, 2.45) is 0 Å². The van der Waals surface area contributed by atoms with E-state index in [0.29, 0.717) is 17.1 Å². The minimum absolute atomic E-state index is 0.00340. The van der Waals surface area contributed by atoms with Gasteiger partial charge in [0.15, 0.2) is 12.4 Å². The summed E-state index contributed by atoms with van der Waals surface area (Å²) in [6.07, 6.45) is 3.14. The van der Waals surface area contributed by atoms with E-state index in [4.69, 9.17) is 23.7 Å². The molecule has 15 nitrogen and oxygen atoms in total. The Labute approximate surface area is 325 Å². The van der Waals surface area contributed by atoms with Crippen LogP contribution in [0.4, 0.5) is 17.1 Å². The molecule has 0 radical (unpaired) electrons. The summed E-state index contributed by atoms with van der Waals surface area (Å²) in [6.45, 7) is 0.353. The summed E-state index contributed by atoms with van der Waals surface area (Å²) in [5.74, 6) is -0.598. The van der Waals surface area contributed by atoms with Crippen LogP contribution in [0, 0.1) is 0 Å². The number of nitrogens with one attached hydrogen (secondary N) is 1. The number of esters is 1. The van der Waals surface area contributed by atoms with Crippen LogP contribution in [0.15, 0.2) is 125 Å². The second-order valence-electron chi connectivity index (χ2n) is 11.7. The minimum Gasteiger partial charge on any atom is -0.497 e. The zero-order valence-electron chi connectivity index (χ0n) is 31.2. The fourth-order valence-corrected chi connectivity index (χ4v) is 8.50. The highest BCUT2D eigenvalue weighted by atomic mass is 32.2. The van der Waals surface area contributed by atoms with Crippen molar-refractivity contribution in [3.8, 4) is 28.7 Å². The summed E-state index contributed by atoms with van der Waals surface area (Å²) in [7, 11) is -3.03. The number of nitrogens with zero attached hydrogens (tertiary/aromatic N) is 3. The van der Waals surface area contributed by atoms with Crippen molar-refractivity contribution in [2.45, 2.75) is 16.7 Å². The Morgan fingerprint density at radius 2 is 1.20 bits per heavy atom. The van der Waals surface area contributed by atoms with Gasteiger partial charge < -0.3 is 29.0 Å². The van der Waals surface area contributed by atoms with E-state index >= 15 is 0 Å². The lowest BCUT2D eigenvalue weighted by molar-refractivity contribution is -0.596. The second-order valence-corrected chi connectivity index (χ2v) is 15.5. The Morgan fingerprint density at radius 3 is 1.71 bits per heavy atom. The number of anilines is 3. The molecule has 0 unspecified atom stereocenters. The smallest absolute Gasteiger partial charge is 0.326 e. The van der Waals surface area contributed by atoms with Crippen LogP contribution < -0.4 is 37.4 Å². The van der Waals surface area contributed by atoms with Crippen LogP contribution in [0.5, 0.6) is 23.0 Å². The van der Waals surface area contributed by atoms with Crippen molar-refractivity contribution in [1.29, 1.82) is 0 Å². The topological polar surface area (TPSA) is 171 Å². The maximum Gasteiger partial charge on any atom is 0.326 e. The second kappa shape index (κ2) is 17.9. The Balaban J connectivity index is 1.50. The molecule has 5 rings (SSSR count). The number of carbonyl (C=O) groups is 2. The molecule has 5 aromatic rings. The number of benzene rings is 4. The van der Waals surface area contributed by atoms with Crippen molar-refractivity contribution in [3.05, 3.63) is 116 Å². The SMILES string of the molecule is CCOC(=O)CN(c1cc(OC)cc(-[n+]2ccc(NC(=O)CN(c3cc(OC)ccc3OC)S(=O)(=O)c3ccccc3)cc2)c1OC)S(=O)(=O)c1ccccc1. The van der Waals surface area contributed by atoms with Crippen LogP contribution in [0.3, 0.4) is 0 Å². The lowest BCUT2D eigenvalue weighted by Gasteiger charge is -2.26. The monoisotopic (exact) mass is 805 g/mol. The van der Waals surface area contributed by atoms with E-state index in [9.17, 15) is 26.4 Å².